The third-order valence-corrected chi connectivity index (χ3v) is 7.61. The summed E-state index contributed by atoms with van der Waals surface area (Å²) in [6, 6.07) is 14.7. The van der Waals surface area contributed by atoms with Crippen molar-refractivity contribution in [2.75, 3.05) is 7.05 Å². The third-order valence-electron chi connectivity index (χ3n) is 7.61. The highest BCUT2D eigenvalue weighted by molar-refractivity contribution is 6.38. The van der Waals surface area contributed by atoms with E-state index in [0.29, 0.717) is 17.5 Å². The lowest BCUT2D eigenvalue weighted by Gasteiger charge is -2.30. The van der Waals surface area contributed by atoms with Crippen LogP contribution in [0.4, 0.5) is 0 Å². The van der Waals surface area contributed by atoms with Crippen LogP contribution in [-0.2, 0) is 25.6 Å². The van der Waals surface area contributed by atoms with E-state index in [1.807, 2.05) is 26.8 Å². The smallest absolute Gasteiger partial charge is 0.251 e. The van der Waals surface area contributed by atoms with Crippen LogP contribution in [0.2, 0.25) is 0 Å². The summed E-state index contributed by atoms with van der Waals surface area (Å²) in [5.41, 5.74) is 1.30. The van der Waals surface area contributed by atoms with Gasteiger partial charge < -0.3 is 10.6 Å². The molecule has 0 bridgehead atoms. The molecule has 2 rings (SSSR count). The summed E-state index contributed by atoms with van der Waals surface area (Å²) in [5, 5.41) is 5.30. The Morgan fingerprint density at radius 3 is 1.90 bits per heavy atom. The number of carbonyl (C=O) groups excluding carboxylic acids is 6. The number of carbonyl (C=O) groups is 6. The normalized spacial score (nSPS) is 13.5. The van der Waals surface area contributed by atoms with Gasteiger partial charge in [-0.1, -0.05) is 77.1 Å². The van der Waals surface area contributed by atoms with Crippen molar-refractivity contribution in [3.63, 3.8) is 0 Å². The van der Waals surface area contributed by atoms with Crippen LogP contribution in [0.3, 0.4) is 0 Å². The fourth-order valence-electron chi connectivity index (χ4n) is 4.69. The minimum atomic E-state index is -0.892. The van der Waals surface area contributed by atoms with Crippen LogP contribution < -0.4 is 10.6 Å². The van der Waals surface area contributed by atoms with E-state index in [9.17, 15) is 28.8 Å². The number of hydrogen-bond acceptors (Lipinski definition) is 6. The second kappa shape index (κ2) is 15.3. The first-order chi connectivity index (χ1) is 19.6. The predicted octanol–water partition coefficient (Wildman–Crippen LogP) is 4.79. The zero-order valence-electron chi connectivity index (χ0n) is 25.8. The van der Waals surface area contributed by atoms with Crippen LogP contribution in [-0.4, -0.2) is 48.0 Å². The topological polar surface area (TPSA) is 126 Å². The molecule has 42 heavy (non-hydrogen) atoms. The van der Waals surface area contributed by atoms with Gasteiger partial charge in [-0.15, -0.1) is 0 Å². The highest BCUT2D eigenvalue weighted by atomic mass is 16.2. The Balaban J connectivity index is 2.01. The van der Waals surface area contributed by atoms with E-state index >= 15 is 0 Å². The van der Waals surface area contributed by atoms with E-state index in [1.54, 1.807) is 76.3 Å². The fraction of sp³-hybridized carbons (Fsp3) is 0.471. The first-order valence-electron chi connectivity index (χ1n) is 14.4. The molecule has 0 fully saturated rings. The zero-order valence-corrected chi connectivity index (χ0v) is 25.8. The van der Waals surface area contributed by atoms with Gasteiger partial charge in [-0.2, -0.15) is 0 Å². The minimum Gasteiger partial charge on any atom is -0.355 e. The summed E-state index contributed by atoms with van der Waals surface area (Å²) >= 11 is 0. The Hall–Kier alpha value is -3.94. The highest BCUT2D eigenvalue weighted by Gasteiger charge is 2.36. The molecule has 2 aromatic carbocycles. The van der Waals surface area contributed by atoms with E-state index in [4.69, 9.17) is 0 Å². The summed E-state index contributed by atoms with van der Waals surface area (Å²) < 4.78 is 0. The molecule has 0 aliphatic heterocycles. The molecule has 8 nitrogen and oxygen atoms in total. The van der Waals surface area contributed by atoms with E-state index in [-0.39, 0.29) is 42.7 Å². The number of aryl methyl sites for hydroxylation is 1. The number of amides is 2. The van der Waals surface area contributed by atoms with Gasteiger partial charge in [0.15, 0.2) is 17.3 Å². The molecule has 2 N–H and O–H groups in total. The maximum atomic E-state index is 13.3. The van der Waals surface area contributed by atoms with Crippen molar-refractivity contribution in [2.24, 2.45) is 23.2 Å². The van der Waals surface area contributed by atoms with Crippen LogP contribution in [0.5, 0.6) is 0 Å². The van der Waals surface area contributed by atoms with Crippen molar-refractivity contribution in [1.29, 1.82) is 0 Å². The third kappa shape index (κ3) is 9.86. The molecule has 3 atom stereocenters. The first kappa shape index (κ1) is 34.3. The predicted molar refractivity (Wildman–Crippen MR) is 162 cm³/mol. The van der Waals surface area contributed by atoms with Crippen molar-refractivity contribution in [1.82, 2.24) is 10.6 Å². The largest absolute Gasteiger partial charge is 0.355 e. The number of benzene rings is 2. The van der Waals surface area contributed by atoms with Crippen LogP contribution in [0.25, 0.3) is 0 Å². The van der Waals surface area contributed by atoms with Gasteiger partial charge in [0, 0.05) is 43.4 Å². The van der Waals surface area contributed by atoms with Gasteiger partial charge in [0.2, 0.25) is 11.7 Å². The standard InChI is InChI=1S/C34H44N2O6/c1-21(2)26(31(40)28(37)18-15-23-13-16-25(17-14-23)32(41)35-7)19-29(38)22(3)36-33(42)27(34(4,5)6)20-30(39)24-11-9-8-10-12-24/h8-14,16-17,21-22,26-27H,15,18-20H2,1-7H3,(H,35,41)(H,36,42)/t22-,26-,27+/m0/s1. The van der Waals surface area contributed by atoms with Gasteiger partial charge >= 0.3 is 0 Å². The van der Waals surface area contributed by atoms with Gasteiger partial charge in [0.25, 0.3) is 5.91 Å². The van der Waals surface area contributed by atoms with Crippen LogP contribution in [0.1, 0.15) is 87.1 Å². The number of ketones is 4. The summed E-state index contributed by atoms with van der Waals surface area (Å²) in [6.07, 6.45) is 0.147. The fourth-order valence-corrected chi connectivity index (χ4v) is 4.69. The Bertz CT molecular complexity index is 1280. The van der Waals surface area contributed by atoms with Crippen LogP contribution in [0, 0.1) is 23.2 Å². The van der Waals surface area contributed by atoms with Crippen molar-refractivity contribution >= 4 is 34.9 Å². The number of Topliss-reactive ketones (excluding diaryl/α,β-unsaturated/α-hetero) is 4. The second-order valence-corrected chi connectivity index (χ2v) is 12.2. The molecule has 0 unspecified atom stereocenters. The van der Waals surface area contributed by atoms with Gasteiger partial charge in [-0.05, 0) is 42.4 Å². The average Bonchev–Trinajstić information content (AvgIpc) is 2.96. The quantitative estimate of drug-likeness (QED) is 0.232. The molecule has 0 spiro atoms. The number of hydrogen-bond donors (Lipinski definition) is 2. The number of rotatable bonds is 15. The van der Waals surface area contributed by atoms with E-state index in [0.717, 1.165) is 5.56 Å². The maximum absolute atomic E-state index is 13.3. The molecule has 0 saturated carbocycles. The van der Waals surface area contributed by atoms with Crippen molar-refractivity contribution in [3.8, 4) is 0 Å². The molecule has 226 valence electrons. The molecule has 0 heterocycles. The molecule has 2 amide bonds. The highest BCUT2D eigenvalue weighted by Crippen LogP contribution is 2.30. The maximum Gasteiger partial charge on any atom is 0.251 e. The van der Waals surface area contributed by atoms with Crippen molar-refractivity contribution in [2.45, 2.75) is 73.3 Å². The molecule has 2 aromatic rings. The minimum absolute atomic E-state index is 0.00358. The molecule has 0 aromatic heterocycles. The lowest BCUT2D eigenvalue weighted by Crippen LogP contribution is -2.46. The van der Waals surface area contributed by atoms with Crippen LogP contribution in [0.15, 0.2) is 54.6 Å². The molecule has 8 heteroatoms. The monoisotopic (exact) mass is 576 g/mol. The molecule has 0 aliphatic carbocycles. The molecular formula is C34H44N2O6. The number of nitrogens with one attached hydrogen (secondary N) is 2. The molecule has 0 saturated heterocycles. The first-order valence-corrected chi connectivity index (χ1v) is 14.4. The SMILES string of the molecule is CNC(=O)c1ccc(CCC(=O)C(=O)[C@@H](CC(=O)[C@H](C)NC(=O)[C@@H](CC(=O)c2ccccc2)C(C)(C)C)C(C)C)cc1. The van der Waals surface area contributed by atoms with Gasteiger partial charge in [0.1, 0.15) is 0 Å². The lowest BCUT2D eigenvalue weighted by atomic mass is 9.76. The Morgan fingerprint density at radius 2 is 1.38 bits per heavy atom. The van der Waals surface area contributed by atoms with E-state index < -0.39 is 40.8 Å². The summed E-state index contributed by atoms with van der Waals surface area (Å²) in [7, 11) is 1.54. The van der Waals surface area contributed by atoms with Gasteiger partial charge in [-0.25, -0.2) is 0 Å². The molecule has 0 aliphatic rings. The van der Waals surface area contributed by atoms with Gasteiger partial charge in [-0.3, -0.25) is 28.8 Å². The van der Waals surface area contributed by atoms with E-state index in [2.05, 4.69) is 10.6 Å². The average molecular weight is 577 g/mol. The Morgan fingerprint density at radius 1 is 0.786 bits per heavy atom. The van der Waals surface area contributed by atoms with Crippen LogP contribution >= 0.6 is 0 Å². The Labute approximate surface area is 249 Å². The van der Waals surface area contributed by atoms with E-state index in [1.165, 1.54) is 0 Å². The summed E-state index contributed by atoms with van der Waals surface area (Å²) in [6.45, 7) is 10.8. The zero-order chi connectivity index (χ0) is 31.6. The molecule has 0 radical (unpaired) electrons. The summed E-state index contributed by atoms with van der Waals surface area (Å²) in [5.74, 6) is -4.01. The van der Waals surface area contributed by atoms with Crippen molar-refractivity contribution < 1.29 is 28.8 Å². The second-order valence-electron chi connectivity index (χ2n) is 12.2. The van der Waals surface area contributed by atoms with Crippen molar-refractivity contribution in [3.05, 3.63) is 71.3 Å². The van der Waals surface area contributed by atoms with Gasteiger partial charge in [0.05, 0.1) is 12.0 Å². The lowest BCUT2D eigenvalue weighted by molar-refractivity contribution is -0.141. The summed E-state index contributed by atoms with van der Waals surface area (Å²) in [4.78, 5) is 76.9. The molecular weight excluding hydrogens is 532 g/mol. The Kier molecular flexibility index (Phi) is 12.5.